The fourth-order valence-corrected chi connectivity index (χ4v) is 4.20. The molecule has 0 saturated carbocycles. The predicted molar refractivity (Wildman–Crippen MR) is 97.6 cm³/mol. The number of nitrogens with one attached hydrogen (secondary N) is 2. The van der Waals surface area contributed by atoms with Gasteiger partial charge in [-0.15, -0.1) is 11.8 Å². The van der Waals surface area contributed by atoms with Crippen LogP contribution in [0.4, 0.5) is 5.82 Å². The molecule has 3 rings (SSSR count). The first-order chi connectivity index (χ1) is 13.7. The number of amides is 2. The first-order valence-corrected chi connectivity index (χ1v) is 9.17. The van der Waals surface area contributed by atoms with Gasteiger partial charge in [0, 0.05) is 24.3 Å². The normalized spacial score (nSPS) is 21.3. The number of aliphatic carboxylic acids is 1. The van der Waals surface area contributed by atoms with Crippen LogP contribution in [0.3, 0.4) is 0 Å². The summed E-state index contributed by atoms with van der Waals surface area (Å²) < 4.78 is 4.85. The number of carbonyl (C=O) groups is 4. The third-order valence-electron chi connectivity index (χ3n) is 4.15. The zero-order chi connectivity index (χ0) is 21.3. The minimum absolute atomic E-state index is 0.0391. The van der Waals surface area contributed by atoms with Crippen LogP contribution in [0.5, 0.6) is 0 Å². The number of fused-ring (bicyclic) bond motifs is 1. The number of nitrogen functional groups attached to an aromatic ring is 1. The zero-order valence-corrected chi connectivity index (χ0v) is 15.7. The highest BCUT2D eigenvalue weighted by Crippen LogP contribution is 2.40. The number of oxime groups is 1. The summed E-state index contributed by atoms with van der Waals surface area (Å²) >= 11 is 1.20. The number of aromatic amines is 1. The summed E-state index contributed by atoms with van der Waals surface area (Å²) in [4.78, 5) is 48.6. The summed E-state index contributed by atoms with van der Waals surface area (Å²) in [5.74, 6) is -3.20. The number of anilines is 1. The van der Waals surface area contributed by atoms with E-state index in [1.165, 1.54) is 24.8 Å². The third-order valence-corrected chi connectivity index (χ3v) is 5.49. The van der Waals surface area contributed by atoms with Crippen LogP contribution in [0.15, 0.2) is 22.5 Å². The van der Waals surface area contributed by atoms with Crippen molar-refractivity contribution < 1.29 is 34.2 Å². The molecule has 0 bridgehead atoms. The molecule has 1 aromatic rings. The summed E-state index contributed by atoms with van der Waals surface area (Å²) in [5, 5.41) is 29.3. The van der Waals surface area contributed by atoms with Crippen LogP contribution in [0.1, 0.15) is 12.6 Å². The molecule has 1 saturated heterocycles. The Hall–Kier alpha value is -3.55. The van der Waals surface area contributed by atoms with Gasteiger partial charge in [0.25, 0.3) is 11.8 Å². The topological polar surface area (TPSA) is 200 Å². The molecular formula is C15H16N6O7S. The molecular weight excluding hydrogens is 408 g/mol. The predicted octanol–water partition coefficient (Wildman–Crippen LogP) is -1.53. The Kier molecular flexibility index (Phi) is 5.45. The molecule has 154 valence electrons. The van der Waals surface area contributed by atoms with Gasteiger partial charge in [-0.2, -0.15) is 5.10 Å². The molecule has 6 N–H and O–H groups in total. The van der Waals surface area contributed by atoms with Gasteiger partial charge in [0.05, 0.1) is 5.69 Å². The number of H-pyrrole nitrogens is 1. The average molecular weight is 424 g/mol. The van der Waals surface area contributed by atoms with E-state index in [1.54, 1.807) is 0 Å². The Morgan fingerprint density at radius 1 is 1.52 bits per heavy atom. The Labute approximate surface area is 166 Å². The SMILES string of the molecule is CC(=O)OCC1=C(C(=O)O)N2C(=O)C(NC(=O)/C(=N\O)c3cc(N)n[nH]3)[C@H]2SC1. The van der Waals surface area contributed by atoms with Gasteiger partial charge in [0.1, 0.15) is 29.5 Å². The average Bonchev–Trinajstić information content (AvgIpc) is 3.09. The minimum atomic E-state index is -1.35. The second kappa shape index (κ2) is 7.83. The van der Waals surface area contributed by atoms with Crippen molar-refractivity contribution in [2.75, 3.05) is 18.1 Å². The number of nitrogens with zero attached hydrogens (tertiary/aromatic N) is 3. The van der Waals surface area contributed by atoms with Crippen molar-refractivity contribution in [2.45, 2.75) is 18.3 Å². The van der Waals surface area contributed by atoms with Crippen molar-refractivity contribution >= 4 is 47.0 Å². The summed E-state index contributed by atoms with van der Waals surface area (Å²) in [7, 11) is 0. The Balaban J connectivity index is 1.76. The number of rotatable bonds is 6. The standard InChI is InChI=1S/C15H16N6O7S/c1-5(22)28-3-6-4-29-14-10(13(24)21(14)11(6)15(25)26)17-12(23)9(20-27)7-2-8(16)19-18-7/h2,10,14,27H,3-4H2,1H3,(H,17,23)(H,25,26)(H3,16,18,19)/b20-9-/t10?,14-/m1/s1. The maximum atomic E-state index is 12.5. The lowest BCUT2D eigenvalue weighted by Gasteiger charge is -2.49. The Bertz CT molecular complexity index is 955. The van der Waals surface area contributed by atoms with Crippen molar-refractivity contribution in [1.29, 1.82) is 0 Å². The number of hydrogen-bond donors (Lipinski definition) is 5. The highest BCUT2D eigenvalue weighted by molar-refractivity contribution is 8.00. The number of aromatic nitrogens is 2. The zero-order valence-electron chi connectivity index (χ0n) is 14.9. The summed E-state index contributed by atoms with van der Waals surface area (Å²) in [6, 6.07) is 0.236. The number of β-lactam (4-membered cyclic amide) rings is 1. The molecule has 0 aromatic carbocycles. The van der Waals surface area contributed by atoms with Gasteiger partial charge >= 0.3 is 11.9 Å². The van der Waals surface area contributed by atoms with E-state index in [0.29, 0.717) is 0 Å². The van der Waals surface area contributed by atoms with Crippen LogP contribution in [0.25, 0.3) is 0 Å². The van der Waals surface area contributed by atoms with E-state index in [4.69, 9.17) is 15.7 Å². The van der Waals surface area contributed by atoms with Gasteiger partial charge in [0.15, 0.2) is 5.71 Å². The molecule has 3 heterocycles. The van der Waals surface area contributed by atoms with E-state index in [1.807, 2.05) is 0 Å². The maximum Gasteiger partial charge on any atom is 0.352 e. The van der Waals surface area contributed by atoms with E-state index in [-0.39, 0.29) is 35.1 Å². The van der Waals surface area contributed by atoms with Crippen molar-refractivity contribution in [3.05, 3.63) is 23.0 Å². The van der Waals surface area contributed by atoms with E-state index < -0.39 is 40.9 Å². The van der Waals surface area contributed by atoms with Crippen molar-refractivity contribution in [3.8, 4) is 0 Å². The van der Waals surface area contributed by atoms with E-state index >= 15 is 0 Å². The van der Waals surface area contributed by atoms with Crippen molar-refractivity contribution in [2.24, 2.45) is 5.16 Å². The molecule has 1 fully saturated rings. The number of hydrogen-bond acceptors (Lipinski definition) is 10. The number of carboxylic acid groups (broad SMARTS) is 1. The first kappa shape index (κ1) is 20.2. The van der Waals surface area contributed by atoms with Crippen molar-refractivity contribution in [1.82, 2.24) is 20.4 Å². The Morgan fingerprint density at radius 3 is 2.79 bits per heavy atom. The fourth-order valence-electron chi connectivity index (χ4n) is 2.87. The van der Waals surface area contributed by atoms with Crippen LogP contribution in [0, 0.1) is 0 Å². The van der Waals surface area contributed by atoms with Crippen LogP contribution >= 0.6 is 11.8 Å². The number of nitrogens with two attached hydrogens (primary N) is 1. The molecule has 13 nitrogen and oxygen atoms in total. The quantitative estimate of drug-likeness (QED) is 0.117. The van der Waals surface area contributed by atoms with Crippen LogP contribution in [-0.2, 0) is 23.9 Å². The molecule has 2 aliphatic heterocycles. The smallest absolute Gasteiger partial charge is 0.352 e. The maximum absolute atomic E-state index is 12.5. The highest BCUT2D eigenvalue weighted by atomic mass is 32.2. The number of ether oxygens (including phenoxy) is 1. The monoisotopic (exact) mass is 424 g/mol. The molecule has 0 spiro atoms. The second-order valence-corrected chi connectivity index (χ2v) is 7.16. The minimum Gasteiger partial charge on any atom is -0.477 e. The van der Waals surface area contributed by atoms with E-state index in [9.17, 15) is 24.3 Å². The lowest BCUT2D eigenvalue weighted by Crippen LogP contribution is -2.71. The van der Waals surface area contributed by atoms with Gasteiger partial charge in [-0.3, -0.25) is 24.4 Å². The molecule has 14 heteroatoms. The van der Waals surface area contributed by atoms with Gasteiger partial charge in [-0.05, 0) is 0 Å². The number of carbonyl (C=O) groups excluding carboxylic acids is 3. The van der Waals surface area contributed by atoms with Gasteiger partial charge in [0.2, 0.25) is 0 Å². The molecule has 29 heavy (non-hydrogen) atoms. The summed E-state index contributed by atoms with van der Waals surface area (Å²) in [6.07, 6.45) is 0. The summed E-state index contributed by atoms with van der Waals surface area (Å²) in [6.45, 7) is 0.938. The van der Waals surface area contributed by atoms with Gasteiger partial charge < -0.3 is 26.1 Å². The molecule has 2 amide bonds. The highest BCUT2D eigenvalue weighted by Gasteiger charge is 2.54. The van der Waals surface area contributed by atoms with Gasteiger partial charge in [-0.1, -0.05) is 5.16 Å². The number of esters is 1. The third kappa shape index (κ3) is 3.73. The van der Waals surface area contributed by atoms with Crippen LogP contribution in [0.2, 0.25) is 0 Å². The van der Waals surface area contributed by atoms with Crippen molar-refractivity contribution in [3.63, 3.8) is 0 Å². The molecule has 2 atom stereocenters. The Morgan fingerprint density at radius 2 is 2.24 bits per heavy atom. The summed E-state index contributed by atoms with van der Waals surface area (Å²) in [5.41, 5.74) is 5.05. The first-order valence-electron chi connectivity index (χ1n) is 8.12. The second-order valence-electron chi connectivity index (χ2n) is 6.05. The largest absolute Gasteiger partial charge is 0.477 e. The lowest BCUT2D eigenvalue weighted by molar-refractivity contribution is -0.150. The van der Waals surface area contributed by atoms with Crippen LogP contribution in [-0.4, -0.2) is 78.7 Å². The lowest BCUT2D eigenvalue weighted by atomic mass is 10.0. The van der Waals surface area contributed by atoms with E-state index in [2.05, 4.69) is 20.7 Å². The fraction of sp³-hybridized carbons (Fsp3) is 0.333. The molecule has 1 aromatic heterocycles. The molecule has 0 radical (unpaired) electrons. The number of thioether (sulfide) groups is 1. The van der Waals surface area contributed by atoms with E-state index in [0.717, 1.165) is 4.90 Å². The number of carboxylic acids is 1. The van der Waals surface area contributed by atoms with Crippen LogP contribution < -0.4 is 11.1 Å². The molecule has 1 unspecified atom stereocenters. The molecule has 0 aliphatic carbocycles. The molecule has 2 aliphatic rings. The van der Waals surface area contributed by atoms with Gasteiger partial charge in [-0.25, -0.2) is 4.79 Å².